The Labute approximate surface area is 104 Å². The molecule has 1 saturated heterocycles. The number of hydrogen-bond acceptors (Lipinski definition) is 3. The molecule has 1 fully saturated rings. The lowest BCUT2D eigenvalue weighted by Crippen LogP contribution is -2.29. The van der Waals surface area contributed by atoms with E-state index in [4.69, 9.17) is 0 Å². The first-order valence-corrected chi connectivity index (χ1v) is 6.63. The van der Waals surface area contributed by atoms with Gasteiger partial charge in [0, 0.05) is 19.3 Å². The van der Waals surface area contributed by atoms with Crippen LogP contribution in [0.25, 0.3) is 0 Å². The van der Waals surface area contributed by atoms with Gasteiger partial charge in [0.05, 0.1) is 0 Å². The Morgan fingerprint density at radius 2 is 2.18 bits per heavy atom. The molecule has 0 radical (unpaired) electrons. The van der Waals surface area contributed by atoms with Crippen LogP contribution in [-0.4, -0.2) is 36.1 Å². The molecule has 1 atom stereocenters. The Hall–Kier alpha value is -1.09. The van der Waals surface area contributed by atoms with E-state index in [-0.39, 0.29) is 0 Å². The minimum atomic E-state index is 0.675. The molecule has 0 spiro atoms. The molecule has 0 amide bonds. The molecule has 1 aromatic rings. The molecule has 94 valence electrons. The number of aromatic nitrogens is 1. The van der Waals surface area contributed by atoms with Crippen LogP contribution in [0, 0.1) is 12.8 Å². The van der Waals surface area contributed by atoms with Crippen LogP contribution in [-0.2, 0) is 0 Å². The smallest absolute Gasteiger partial charge is 0.128 e. The first kappa shape index (κ1) is 12.4. The fourth-order valence-electron chi connectivity index (χ4n) is 2.41. The first-order valence-electron chi connectivity index (χ1n) is 6.63. The topological polar surface area (TPSA) is 28.2 Å². The van der Waals surface area contributed by atoms with Crippen molar-refractivity contribution in [2.24, 2.45) is 5.92 Å². The molecule has 2 rings (SSSR count). The van der Waals surface area contributed by atoms with E-state index in [1.54, 1.807) is 0 Å². The third kappa shape index (κ3) is 3.70. The lowest BCUT2D eigenvalue weighted by molar-refractivity contribution is 0.294. The molecule has 1 aliphatic heterocycles. The number of rotatable bonds is 5. The zero-order chi connectivity index (χ0) is 12.1. The largest absolute Gasteiger partial charge is 0.370 e. The van der Waals surface area contributed by atoms with Crippen molar-refractivity contribution in [1.29, 1.82) is 0 Å². The van der Waals surface area contributed by atoms with Crippen LogP contribution in [0.3, 0.4) is 0 Å². The van der Waals surface area contributed by atoms with Crippen molar-refractivity contribution in [2.45, 2.75) is 26.7 Å². The van der Waals surface area contributed by atoms with Gasteiger partial charge >= 0.3 is 0 Å². The quantitative estimate of drug-likeness (QED) is 0.847. The van der Waals surface area contributed by atoms with Crippen LogP contribution in [0.2, 0.25) is 0 Å². The average Bonchev–Trinajstić information content (AvgIpc) is 2.81. The molecule has 1 N–H and O–H groups in total. The fraction of sp³-hybridized carbons (Fsp3) is 0.643. The minimum Gasteiger partial charge on any atom is -0.370 e. The zero-order valence-corrected chi connectivity index (χ0v) is 10.9. The van der Waals surface area contributed by atoms with E-state index in [1.165, 1.54) is 38.0 Å². The molecule has 1 aromatic heterocycles. The van der Waals surface area contributed by atoms with Gasteiger partial charge in [-0.3, -0.25) is 0 Å². The van der Waals surface area contributed by atoms with Crippen molar-refractivity contribution in [1.82, 2.24) is 9.88 Å². The monoisotopic (exact) mass is 233 g/mol. The molecule has 0 aromatic carbocycles. The standard InChI is InChI=1S/C14H23N3/c1-12(11-17-8-3-4-9-17)10-16-14-13(2)6-5-7-15-14/h5-7,12H,3-4,8-11H2,1-2H3,(H,15,16). The van der Waals surface area contributed by atoms with Crippen LogP contribution >= 0.6 is 0 Å². The van der Waals surface area contributed by atoms with Crippen molar-refractivity contribution < 1.29 is 0 Å². The van der Waals surface area contributed by atoms with Gasteiger partial charge < -0.3 is 10.2 Å². The summed E-state index contributed by atoms with van der Waals surface area (Å²) < 4.78 is 0. The first-order chi connectivity index (χ1) is 8.25. The van der Waals surface area contributed by atoms with Gasteiger partial charge in [0.1, 0.15) is 5.82 Å². The Morgan fingerprint density at radius 3 is 2.88 bits per heavy atom. The van der Waals surface area contributed by atoms with Gasteiger partial charge in [0.25, 0.3) is 0 Å². The highest BCUT2D eigenvalue weighted by Crippen LogP contribution is 2.12. The van der Waals surface area contributed by atoms with Gasteiger partial charge in [-0.2, -0.15) is 0 Å². The van der Waals surface area contributed by atoms with E-state index in [0.717, 1.165) is 12.4 Å². The van der Waals surface area contributed by atoms with Crippen molar-refractivity contribution in [3.63, 3.8) is 0 Å². The third-order valence-corrected chi connectivity index (χ3v) is 3.40. The normalized spacial score (nSPS) is 18.2. The summed E-state index contributed by atoms with van der Waals surface area (Å²) in [6.07, 6.45) is 4.60. The molecular formula is C14H23N3. The Morgan fingerprint density at radius 1 is 1.41 bits per heavy atom. The Balaban J connectivity index is 1.75. The molecule has 17 heavy (non-hydrogen) atoms. The maximum absolute atomic E-state index is 4.36. The molecule has 2 heterocycles. The number of nitrogens with zero attached hydrogens (tertiary/aromatic N) is 2. The number of anilines is 1. The summed E-state index contributed by atoms with van der Waals surface area (Å²) in [6.45, 7) is 9.19. The second-order valence-corrected chi connectivity index (χ2v) is 5.16. The van der Waals surface area contributed by atoms with Crippen LogP contribution in [0.4, 0.5) is 5.82 Å². The van der Waals surface area contributed by atoms with Crippen molar-refractivity contribution in [2.75, 3.05) is 31.5 Å². The zero-order valence-electron chi connectivity index (χ0n) is 10.9. The third-order valence-electron chi connectivity index (χ3n) is 3.40. The molecule has 1 aliphatic rings. The van der Waals surface area contributed by atoms with E-state index in [1.807, 2.05) is 12.3 Å². The van der Waals surface area contributed by atoms with Gasteiger partial charge in [-0.1, -0.05) is 13.0 Å². The number of nitrogens with one attached hydrogen (secondary N) is 1. The van der Waals surface area contributed by atoms with Crippen LogP contribution < -0.4 is 5.32 Å². The minimum absolute atomic E-state index is 0.675. The second kappa shape index (κ2) is 6.01. The SMILES string of the molecule is Cc1cccnc1NCC(C)CN1CCCC1. The van der Waals surface area contributed by atoms with Gasteiger partial charge in [-0.15, -0.1) is 0 Å². The lowest BCUT2D eigenvalue weighted by Gasteiger charge is -2.21. The maximum atomic E-state index is 4.36. The highest BCUT2D eigenvalue weighted by Gasteiger charge is 2.14. The fourth-order valence-corrected chi connectivity index (χ4v) is 2.41. The van der Waals surface area contributed by atoms with E-state index in [9.17, 15) is 0 Å². The summed E-state index contributed by atoms with van der Waals surface area (Å²) in [6, 6.07) is 4.08. The van der Waals surface area contributed by atoms with Crippen molar-refractivity contribution in [3.05, 3.63) is 23.9 Å². The number of pyridine rings is 1. The molecule has 0 saturated carbocycles. The summed E-state index contributed by atoms with van der Waals surface area (Å²) in [5.74, 6) is 1.70. The highest BCUT2D eigenvalue weighted by molar-refractivity contribution is 5.42. The van der Waals surface area contributed by atoms with E-state index in [2.05, 4.69) is 35.1 Å². The van der Waals surface area contributed by atoms with Crippen LogP contribution in [0.15, 0.2) is 18.3 Å². The Kier molecular flexibility index (Phi) is 4.37. The number of hydrogen-bond donors (Lipinski definition) is 1. The molecule has 3 heteroatoms. The predicted molar refractivity (Wildman–Crippen MR) is 72.3 cm³/mol. The van der Waals surface area contributed by atoms with Crippen LogP contribution in [0.5, 0.6) is 0 Å². The Bertz CT molecular complexity index is 345. The van der Waals surface area contributed by atoms with Gasteiger partial charge in [-0.25, -0.2) is 4.98 Å². The average molecular weight is 233 g/mol. The summed E-state index contributed by atoms with van der Waals surface area (Å²) in [5, 5.41) is 3.45. The lowest BCUT2D eigenvalue weighted by atomic mass is 10.1. The number of aryl methyl sites for hydroxylation is 1. The van der Waals surface area contributed by atoms with Gasteiger partial charge in [0.2, 0.25) is 0 Å². The summed E-state index contributed by atoms with van der Waals surface area (Å²) >= 11 is 0. The summed E-state index contributed by atoms with van der Waals surface area (Å²) in [5.41, 5.74) is 1.22. The molecule has 1 unspecified atom stereocenters. The van der Waals surface area contributed by atoms with Crippen molar-refractivity contribution >= 4 is 5.82 Å². The maximum Gasteiger partial charge on any atom is 0.128 e. The van der Waals surface area contributed by atoms with E-state index >= 15 is 0 Å². The van der Waals surface area contributed by atoms with E-state index < -0.39 is 0 Å². The van der Waals surface area contributed by atoms with Gasteiger partial charge in [0.15, 0.2) is 0 Å². The number of likely N-dealkylation sites (tertiary alicyclic amines) is 1. The second-order valence-electron chi connectivity index (χ2n) is 5.16. The van der Waals surface area contributed by atoms with Gasteiger partial charge in [-0.05, 0) is 50.4 Å². The molecule has 3 nitrogen and oxygen atoms in total. The molecular weight excluding hydrogens is 210 g/mol. The van der Waals surface area contributed by atoms with Crippen LogP contribution in [0.1, 0.15) is 25.3 Å². The van der Waals surface area contributed by atoms with Crippen molar-refractivity contribution in [3.8, 4) is 0 Å². The summed E-state index contributed by atoms with van der Waals surface area (Å²) in [7, 11) is 0. The predicted octanol–water partition coefficient (Wildman–Crippen LogP) is 2.53. The highest BCUT2D eigenvalue weighted by atomic mass is 15.1. The molecule has 0 aliphatic carbocycles. The van der Waals surface area contributed by atoms with E-state index in [0.29, 0.717) is 5.92 Å². The molecule has 0 bridgehead atoms. The summed E-state index contributed by atoms with van der Waals surface area (Å²) in [4.78, 5) is 6.92.